The highest BCUT2D eigenvalue weighted by Gasteiger charge is 2.37. The maximum atomic E-state index is 9.24. The van der Waals surface area contributed by atoms with Crippen LogP contribution in [0.4, 0.5) is 0 Å². The summed E-state index contributed by atoms with van der Waals surface area (Å²) in [5.74, 6) is 0. The van der Waals surface area contributed by atoms with Crippen molar-refractivity contribution in [1.82, 2.24) is 5.32 Å². The van der Waals surface area contributed by atoms with E-state index in [0.29, 0.717) is 6.54 Å². The Morgan fingerprint density at radius 3 is 1.92 bits per heavy atom. The molecular weight excluding hydrogens is 203 g/mol. The minimum absolute atomic E-state index is 0. The van der Waals surface area contributed by atoms with Crippen molar-refractivity contribution in [1.29, 1.82) is 0 Å². The lowest BCUT2D eigenvalue weighted by Gasteiger charge is -2.12. The van der Waals surface area contributed by atoms with Crippen LogP contribution in [0.2, 0.25) is 0 Å². The van der Waals surface area contributed by atoms with E-state index >= 15 is 0 Å². The van der Waals surface area contributed by atoms with Gasteiger partial charge in [0.25, 0.3) is 0 Å². The third-order valence-electron chi connectivity index (χ3n) is 2.01. The molecule has 1 rings (SSSR count). The molecule has 1 aliphatic rings. The van der Waals surface area contributed by atoms with E-state index in [1.807, 2.05) is 6.92 Å². The van der Waals surface area contributed by atoms with Crippen molar-refractivity contribution >= 4 is 24.8 Å². The predicted molar refractivity (Wildman–Crippen MR) is 51.9 cm³/mol. The molecule has 6 heteroatoms. The number of halogens is 2. The second-order valence-corrected chi connectivity index (χ2v) is 2.78. The van der Waals surface area contributed by atoms with Gasteiger partial charge in [0.15, 0.2) is 0 Å². The van der Waals surface area contributed by atoms with Crippen LogP contribution in [0.5, 0.6) is 0 Å². The zero-order valence-electron chi connectivity index (χ0n) is 6.80. The Hall–Kier alpha value is 0.420. The molecule has 1 fully saturated rings. The highest BCUT2D eigenvalue weighted by molar-refractivity contribution is 5.85. The van der Waals surface area contributed by atoms with Gasteiger partial charge in [0.1, 0.15) is 0 Å². The van der Waals surface area contributed by atoms with Crippen LogP contribution < -0.4 is 11.1 Å². The van der Waals surface area contributed by atoms with Crippen LogP contribution in [0.15, 0.2) is 0 Å². The second-order valence-electron chi connectivity index (χ2n) is 2.78. The first-order valence-corrected chi connectivity index (χ1v) is 3.49. The standard InChI is InChI=1S/C6H14N2O2.2ClH/c1-3-5(9)6(10)4(2-7)8-3;;/h3-6,8-10H,2,7H2,1H3;2*1H/t3-,4-,5+,6-;;/m0../s1. The molecule has 0 aromatic heterocycles. The van der Waals surface area contributed by atoms with Crippen LogP contribution in [0.25, 0.3) is 0 Å². The zero-order valence-corrected chi connectivity index (χ0v) is 8.44. The van der Waals surface area contributed by atoms with Gasteiger partial charge in [-0.2, -0.15) is 0 Å². The van der Waals surface area contributed by atoms with E-state index in [0.717, 1.165) is 0 Å². The summed E-state index contributed by atoms with van der Waals surface area (Å²) in [4.78, 5) is 0. The number of hydrogen-bond donors (Lipinski definition) is 4. The first-order valence-electron chi connectivity index (χ1n) is 3.49. The first kappa shape index (κ1) is 14.9. The molecule has 0 aliphatic carbocycles. The summed E-state index contributed by atoms with van der Waals surface area (Å²) in [6.45, 7) is 2.19. The van der Waals surface area contributed by atoms with Crippen molar-refractivity contribution < 1.29 is 10.2 Å². The van der Waals surface area contributed by atoms with E-state index in [1.165, 1.54) is 0 Å². The smallest absolute Gasteiger partial charge is 0.0979 e. The molecule has 0 amide bonds. The number of nitrogens with two attached hydrogens (primary N) is 1. The summed E-state index contributed by atoms with van der Waals surface area (Å²) in [7, 11) is 0. The molecule has 4 atom stereocenters. The van der Waals surface area contributed by atoms with Crippen molar-refractivity contribution in [2.75, 3.05) is 6.54 Å². The van der Waals surface area contributed by atoms with Crippen LogP contribution in [0.1, 0.15) is 6.92 Å². The number of rotatable bonds is 1. The summed E-state index contributed by atoms with van der Waals surface area (Å²) in [5, 5.41) is 21.4. The molecule has 0 saturated carbocycles. The van der Waals surface area contributed by atoms with Gasteiger partial charge >= 0.3 is 0 Å². The van der Waals surface area contributed by atoms with Gasteiger partial charge in [-0.05, 0) is 6.92 Å². The van der Waals surface area contributed by atoms with Gasteiger partial charge < -0.3 is 21.3 Å². The monoisotopic (exact) mass is 218 g/mol. The van der Waals surface area contributed by atoms with Crippen molar-refractivity contribution in [3.05, 3.63) is 0 Å². The van der Waals surface area contributed by atoms with Crippen molar-refractivity contribution in [3.63, 3.8) is 0 Å². The van der Waals surface area contributed by atoms with Crippen molar-refractivity contribution in [3.8, 4) is 0 Å². The SMILES string of the molecule is C[C@@H]1N[C@@H](CN)[C@H](O)[C@@H]1O.Cl.Cl. The van der Waals surface area contributed by atoms with E-state index in [-0.39, 0.29) is 36.9 Å². The summed E-state index contributed by atoms with van der Waals surface area (Å²) < 4.78 is 0. The molecule has 4 nitrogen and oxygen atoms in total. The highest BCUT2D eigenvalue weighted by Crippen LogP contribution is 2.12. The zero-order chi connectivity index (χ0) is 7.72. The molecule has 76 valence electrons. The minimum Gasteiger partial charge on any atom is -0.389 e. The summed E-state index contributed by atoms with van der Waals surface area (Å²) >= 11 is 0. The molecule has 1 saturated heterocycles. The van der Waals surface area contributed by atoms with Crippen LogP contribution in [-0.2, 0) is 0 Å². The highest BCUT2D eigenvalue weighted by atomic mass is 35.5. The fourth-order valence-electron chi connectivity index (χ4n) is 1.28. The van der Waals surface area contributed by atoms with E-state index in [1.54, 1.807) is 0 Å². The molecule has 1 aliphatic heterocycles. The Kier molecular flexibility index (Phi) is 7.41. The second kappa shape index (κ2) is 5.96. The van der Waals surface area contributed by atoms with Crippen LogP contribution in [0, 0.1) is 0 Å². The molecule has 12 heavy (non-hydrogen) atoms. The lowest BCUT2D eigenvalue weighted by Crippen LogP contribution is -2.39. The molecule has 0 spiro atoms. The van der Waals surface area contributed by atoms with Crippen molar-refractivity contribution in [2.45, 2.75) is 31.2 Å². The van der Waals surface area contributed by atoms with Gasteiger partial charge in [-0.25, -0.2) is 0 Å². The molecule has 1 heterocycles. The number of aliphatic hydroxyl groups is 2. The molecule has 0 radical (unpaired) electrons. The molecule has 0 aromatic carbocycles. The van der Waals surface area contributed by atoms with Gasteiger partial charge in [-0.1, -0.05) is 0 Å². The van der Waals surface area contributed by atoms with Gasteiger partial charge in [0.05, 0.1) is 12.2 Å². The predicted octanol–water partition coefficient (Wildman–Crippen LogP) is -1.13. The van der Waals surface area contributed by atoms with Gasteiger partial charge in [-0.3, -0.25) is 0 Å². The Morgan fingerprint density at radius 1 is 1.25 bits per heavy atom. The summed E-state index contributed by atoms with van der Waals surface area (Å²) in [6.07, 6.45) is -1.38. The van der Waals surface area contributed by atoms with Crippen LogP contribution >= 0.6 is 24.8 Å². The number of hydrogen-bond acceptors (Lipinski definition) is 4. The molecular formula is C6H16Cl2N2O2. The maximum absolute atomic E-state index is 9.24. The minimum atomic E-state index is -0.708. The Balaban J connectivity index is 0. The normalized spacial score (nSPS) is 40.0. The van der Waals surface area contributed by atoms with E-state index in [2.05, 4.69) is 5.32 Å². The van der Waals surface area contributed by atoms with Gasteiger partial charge in [0, 0.05) is 18.6 Å². The van der Waals surface area contributed by atoms with Crippen LogP contribution in [-0.4, -0.2) is 41.0 Å². The maximum Gasteiger partial charge on any atom is 0.0979 e. The Bertz CT molecular complexity index is 128. The molecule has 0 aromatic rings. The molecule has 5 N–H and O–H groups in total. The lowest BCUT2D eigenvalue weighted by molar-refractivity contribution is 0.0315. The van der Waals surface area contributed by atoms with E-state index in [9.17, 15) is 10.2 Å². The van der Waals surface area contributed by atoms with E-state index < -0.39 is 12.2 Å². The summed E-state index contributed by atoms with van der Waals surface area (Å²) in [6, 6.07) is -0.200. The fraction of sp³-hybridized carbons (Fsp3) is 1.00. The van der Waals surface area contributed by atoms with Crippen molar-refractivity contribution in [2.24, 2.45) is 5.73 Å². The average Bonchev–Trinajstić information content (AvgIpc) is 2.17. The first-order chi connectivity index (χ1) is 4.66. The number of nitrogens with one attached hydrogen (secondary N) is 1. The van der Waals surface area contributed by atoms with Gasteiger partial charge in [-0.15, -0.1) is 24.8 Å². The van der Waals surface area contributed by atoms with Crippen LogP contribution in [0.3, 0.4) is 0 Å². The third-order valence-corrected chi connectivity index (χ3v) is 2.01. The van der Waals surface area contributed by atoms with Gasteiger partial charge in [0.2, 0.25) is 0 Å². The lowest BCUT2D eigenvalue weighted by atomic mass is 10.1. The topological polar surface area (TPSA) is 78.5 Å². The molecule has 0 unspecified atom stereocenters. The third kappa shape index (κ3) is 2.73. The van der Waals surface area contributed by atoms with E-state index in [4.69, 9.17) is 5.73 Å². The Labute approximate surface area is 84.3 Å². The Morgan fingerprint density at radius 2 is 1.75 bits per heavy atom. The average molecular weight is 219 g/mol. The summed E-state index contributed by atoms with van der Waals surface area (Å²) in [5.41, 5.74) is 5.32. The number of aliphatic hydroxyl groups excluding tert-OH is 2. The fourth-order valence-corrected chi connectivity index (χ4v) is 1.28. The quantitative estimate of drug-likeness (QED) is 0.450. The molecule has 0 bridgehead atoms. The largest absolute Gasteiger partial charge is 0.389 e.